The Kier molecular flexibility index (Phi) is 6.93. The van der Waals surface area contributed by atoms with Crippen molar-refractivity contribution in [2.45, 2.75) is 13.0 Å². The van der Waals surface area contributed by atoms with Crippen LogP contribution in [0.5, 0.6) is 0 Å². The Morgan fingerprint density at radius 2 is 1.84 bits per heavy atom. The summed E-state index contributed by atoms with van der Waals surface area (Å²) in [6.07, 6.45) is 1.80. The molecule has 0 aliphatic carbocycles. The van der Waals surface area contributed by atoms with Crippen molar-refractivity contribution in [3.8, 4) is 11.1 Å². The van der Waals surface area contributed by atoms with Gasteiger partial charge in [0.05, 0.1) is 23.7 Å². The quantitative estimate of drug-likeness (QED) is 0.261. The van der Waals surface area contributed by atoms with Crippen molar-refractivity contribution in [1.29, 1.82) is 0 Å². The first-order valence-electron chi connectivity index (χ1n) is 12.3. The van der Waals surface area contributed by atoms with Gasteiger partial charge in [-0.3, -0.25) is 14.7 Å². The lowest BCUT2D eigenvalue weighted by molar-refractivity contribution is 0.0928. The van der Waals surface area contributed by atoms with Gasteiger partial charge in [0.15, 0.2) is 5.69 Å². The molecule has 0 saturated carbocycles. The number of fused-ring (bicyclic) bond motifs is 2. The van der Waals surface area contributed by atoms with Crippen molar-refractivity contribution < 1.29 is 18.7 Å². The maximum Gasteiger partial charge on any atom is 0.272 e. The molecule has 0 fully saturated rings. The van der Waals surface area contributed by atoms with Gasteiger partial charge in [0.25, 0.3) is 11.8 Å². The number of amides is 2. The third-order valence-electron chi connectivity index (χ3n) is 6.63. The van der Waals surface area contributed by atoms with Crippen molar-refractivity contribution in [2.75, 3.05) is 20.3 Å². The number of halogens is 1. The van der Waals surface area contributed by atoms with Gasteiger partial charge < -0.3 is 19.9 Å². The highest BCUT2D eigenvalue weighted by Crippen LogP contribution is 2.30. The number of carbonyl (C=O) groups is 2. The molecule has 3 aromatic carbocycles. The molecule has 0 radical (unpaired) electrons. The third kappa shape index (κ3) is 4.88. The number of carbonyl (C=O) groups excluding carboxylic acids is 2. The summed E-state index contributed by atoms with van der Waals surface area (Å²) in [4.78, 5) is 25.7. The molecule has 0 saturated heterocycles. The van der Waals surface area contributed by atoms with E-state index >= 15 is 0 Å². The fourth-order valence-electron chi connectivity index (χ4n) is 4.61. The van der Waals surface area contributed by atoms with E-state index in [0.29, 0.717) is 30.0 Å². The Morgan fingerprint density at radius 3 is 2.63 bits per heavy atom. The normalized spacial score (nSPS) is 12.1. The summed E-state index contributed by atoms with van der Waals surface area (Å²) in [7, 11) is 3.47. The minimum Gasteiger partial charge on any atom is -0.383 e. The maximum absolute atomic E-state index is 13.7. The molecule has 0 aliphatic rings. The minimum atomic E-state index is -0.361. The molecule has 0 bridgehead atoms. The predicted molar refractivity (Wildman–Crippen MR) is 144 cm³/mol. The molecule has 194 valence electrons. The number of aryl methyl sites for hydroxylation is 1. The van der Waals surface area contributed by atoms with Crippen LogP contribution in [0.2, 0.25) is 0 Å². The Morgan fingerprint density at radius 1 is 1.05 bits per heavy atom. The van der Waals surface area contributed by atoms with E-state index in [0.717, 1.165) is 32.9 Å². The fraction of sp³-hybridized carbons (Fsp3) is 0.207. The summed E-state index contributed by atoms with van der Waals surface area (Å²) < 4.78 is 20.5. The molecule has 0 unspecified atom stereocenters. The number of hydrogen-bond acceptors (Lipinski definition) is 4. The van der Waals surface area contributed by atoms with E-state index in [-0.39, 0.29) is 23.7 Å². The van der Waals surface area contributed by atoms with Crippen LogP contribution in [-0.2, 0) is 11.8 Å². The maximum atomic E-state index is 13.7. The third-order valence-corrected chi connectivity index (χ3v) is 6.63. The van der Waals surface area contributed by atoms with Gasteiger partial charge >= 0.3 is 0 Å². The molecule has 5 rings (SSSR count). The number of hydrogen-bond donors (Lipinski definition) is 3. The van der Waals surface area contributed by atoms with Crippen LogP contribution in [0.1, 0.15) is 39.4 Å². The van der Waals surface area contributed by atoms with Crippen LogP contribution in [0.3, 0.4) is 0 Å². The van der Waals surface area contributed by atoms with Crippen molar-refractivity contribution in [2.24, 2.45) is 7.05 Å². The highest BCUT2D eigenvalue weighted by Gasteiger charge is 2.19. The van der Waals surface area contributed by atoms with E-state index in [1.165, 1.54) is 12.1 Å². The molecular weight excluding hydrogens is 485 g/mol. The van der Waals surface area contributed by atoms with Gasteiger partial charge in [0.1, 0.15) is 5.82 Å². The van der Waals surface area contributed by atoms with Gasteiger partial charge in [0, 0.05) is 43.2 Å². The van der Waals surface area contributed by atoms with E-state index in [1.54, 1.807) is 25.4 Å². The van der Waals surface area contributed by atoms with Crippen LogP contribution < -0.4 is 10.6 Å². The Balaban J connectivity index is 1.43. The number of aromatic amines is 1. The molecule has 2 amide bonds. The number of methoxy groups -OCH3 is 1. The number of ether oxygens (including phenoxy) is 1. The largest absolute Gasteiger partial charge is 0.383 e. The average Bonchev–Trinajstić information content (AvgIpc) is 3.49. The van der Waals surface area contributed by atoms with E-state index < -0.39 is 0 Å². The van der Waals surface area contributed by atoms with Crippen LogP contribution in [0.25, 0.3) is 32.9 Å². The Hall–Kier alpha value is -4.50. The molecule has 0 spiro atoms. The van der Waals surface area contributed by atoms with E-state index in [4.69, 9.17) is 4.74 Å². The van der Waals surface area contributed by atoms with Crippen LogP contribution >= 0.6 is 0 Å². The number of nitrogens with zero attached hydrogens (tertiary/aromatic N) is 2. The zero-order valence-corrected chi connectivity index (χ0v) is 21.3. The lowest BCUT2D eigenvalue weighted by Crippen LogP contribution is -2.27. The zero-order chi connectivity index (χ0) is 26.8. The lowest BCUT2D eigenvalue weighted by Gasteiger charge is -2.14. The first-order valence-corrected chi connectivity index (χ1v) is 12.3. The van der Waals surface area contributed by atoms with Crippen LogP contribution in [0.4, 0.5) is 4.39 Å². The van der Waals surface area contributed by atoms with Crippen LogP contribution in [0.15, 0.2) is 66.9 Å². The van der Waals surface area contributed by atoms with E-state index in [1.807, 2.05) is 54.9 Å². The highest BCUT2D eigenvalue weighted by molar-refractivity contribution is 6.08. The Labute approximate surface area is 218 Å². The summed E-state index contributed by atoms with van der Waals surface area (Å²) in [5, 5.41) is 14.4. The van der Waals surface area contributed by atoms with Gasteiger partial charge in [-0.25, -0.2) is 4.39 Å². The van der Waals surface area contributed by atoms with Gasteiger partial charge in [-0.05, 0) is 60.0 Å². The van der Waals surface area contributed by atoms with Gasteiger partial charge in [-0.2, -0.15) is 5.10 Å². The van der Waals surface area contributed by atoms with Crippen molar-refractivity contribution in [1.82, 2.24) is 25.4 Å². The zero-order valence-electron chi connectivity index (χ0n) is 21.3. The fourth-order valence-corrected chi connectivity index (χ4v) is 4.61. The SMILES string of the molecule is COCCNC(=O)c1n[nH]c2cc(-c3ccc4c(c3)c(C(=O)N[C@@H](C)c3cccc(F)c3)cn4C)ccc12. The molecule has 3 N–H and O–H groups in total. The first-order chi connectivity index (χ1) is 18.4. The summed E-state index contributed by atoms with van der Waals surface area (Å²) in [5.74, 6) is -0.848. The van der Waals surface area contributed by atoms with Gasteiger partial charge in [0.2, 0.25) is 0 Å². The number of H-pyrrole nitrogens is 1. The molecule has 0 aliphatic heterocycles. The molecular formula is C29H28FN5O3. The molecule has 2 aromatic heterocycles. The number of benzene rings is 3. The summed E-state index contributed by atoms with van der Waals surface area (Å²) >= 11 is 0. The van der Waals surface area contributed by atoms with Crippen LogP contribution in [-0.4, -0.2) is 46.8 Å². The minimum absolute atomic E-state index is 0.238. The molecule has 9 heteroatoms. The van der Waals surface area contributed by atoms with Crippen LogP contribution in [0, 0.1) is 5.82 Å². The van der Waals surface area contributed by atoms with Gasteiger partial charge in [-0.1, -0.05) is 24.3 Å². The standard InChI is InChI=1S/C29H28FN5O3/c1-17(18-5-4-6-21(30)13-18)32-28(36)24-16-35(2)26-10-8-19(14-23(24)26)20-7-9-22-25(15-20)33-34-27(22)29(37)31-11-12-38-3/h4-10,13-17H,11-12H2,1-3H3,(H,31,37)(H,32,36)(H,33,34)/t17-/m0/s1. The molecule has 1 atom stereocenters. The average molecular weight is 514 g/mol. The molecule has 2 heterocycles. The monoisotopic (exact) mass is 513 g/mol. The first kappa shape index (κ1) is 25.2. The molecule has 5 aromatic rings. The smallest absolute Gasteiger partial charge is 0.272 e. The second-order valence-corrected chi connectivity index (χ2v) is 9.22. The topological polar surface area (TPSA) is 101 Å². The number of rotatable bonds is 8. The van der Waals surface area contributed by atoms with Crippen molar-refractivity contribution >= 4 is 33.6 Å². The lowest BCUT2D eigenvalue weighted by atomic mass is 10.0. The second-order valence-electron chi connectivity index (χ2n) is 9.22. The summed E-state index contributed by atoms with van der Waals surface area (Å²) in [6, 6.07) is 17.5. The molecule has 38 heavy (non-hydrogen) atoms. The van der Waals surface area contributed by atoms with E-state index in [2.05, 4.69) is 20.8 Å². The highest BCUT2D eigenvalue weighted by atomic mass is 19.1. The van der Waals surface area contributed by atoms with Crippen molar-refractivity contribution in [3.63, 3.8) is 0 Å². The predicted octanol–water partition coefficient (Wildman–Crippen LogP) is 4.73. The second kappa shape index (κ2) is 10.5. The summed E-state index contributed by atoms with van der Waals surface area (Å²) in [5.41, 5.74) is 5.03. The van der Waals surface area contributed by atoms with Gasteiger partial charge in [-0.15, -0.1) is 0 Å². The number of nitrogens with one attached hydrogen (secondary N) is 3. The Bertz CT molecular complexity index is 1660. The number of aromatic nitrogens is 3. The summed E-state index contributed by atoms with van der Waals surface area (Å²) in [6.45, 7) is 2.65. The van der Waals surface area contributed by atoms with E-state index in [9.17, 15) is 14.0 Å². The van der Waals surface area contributed by atoms with Crippen molar-refractivity contribution in [3.05, 3.63) is 89.5 Å². The molecule has 8 nitrogen and oxygen atoms in total.